The molecule has 142 valence electrons. The summed E-state index contributed by atoms with van der Waals surface area (Å²) in [6, 6.07) is 11.5. The molecular formula is C19H19ClN2O5. The quantitative estimate of drug-likeness (QED) is 0.709. The standard InChI is InChI=1S/C19H19ClN2O5/c1-12-6-7-14(9-16(12)20)22-17(23)11-27-18(24)10-21-19(25)13-4-3-5-15(8-13)26-2/h3-9H,10-11H2,1-2H3,(H,21,25)(H,22,23). The average molecular weight is 391 g/mol. The summed E-state index contributed by atoms with van der Waals surface area (Å²) in [6.45, 7) is 1.01. The number of ether oxygens (including phenoxy) is 2. The van der Waals surface area contributed by atoms with Crippen molar-refractivity contribution < 1.29 is 23.9 Å². The molecule has 0 bridgehead atoms. The number of amides is 2. The second-order valence-corrected chi connectivity index (χ2v) is 5.99. The van der Waals surface area contributed by atoms with E-state index in [-0.39, 0.29) is 6.54 Å². The fourth-order valence-corrected chi connectivity index (χ4v) is 2.26. The second kappa shape index (κ2) is 9.59. The number of carbonyl (C=O) groups excluding carboxylic acids is 3. The van der Waals surface area contributed by atoms with Gasteiger partial charge in [0.25, 0.3) is 11.8 Å². The van der Waals surface area contributed by atoms with Crippen molar-refractivity contribution in [3.63, 3.8) is 0 Å². The summed E-state index contributed by atoms with van der Waals surface area (Å²) in [6.07, 6.45) is 0. The van der Waals surface area contributed by atoms with Crippen LogP contribution in [0.1, 0.15) is 15.9 Å². The first kappa shape index (κ1) is 20.3. The molecule has 7 nitrogen and oxygen atoms in total. The van der Waals surface area contributed by atoms with Crippen molar-refractivity contribution in [2.45, 2.75) is 6.92 Å². The van der Waals surface area contributed by atoms with E-state index in [1.54, 1.807) is 42.5 Å². The highest BCUT2D eigenvalue weighted by Crippen LogP contribution is 2.19. The monoisotopic (exact) mass is 390 g/mol. The fraction of sp³-hybridized carbons (Fsp3) is 0.211. The minimum Gasteiger partial charge on any atom is -0.497 e. The van der Waals surface area contributed by atoms with Crippen molar-refractivity contribution >= 4 is 35.1 Å². The number of nitrogens with one attached hydrogen (secondary N) is 2. The van der Waals surface area contributed by atoms with E-state index in [9.17, 15) is 14.4 Å². The number of halogens is 1. The number of rotatable bonds is 7. The molecule has 0 spiro atoms. The summed E-state index contributed by atoms with van der Waals surface area (Å²) in [5.74, 6) is -1.17. The van der Waals surface area contributed by atoms with Gasteiger partial charge in [0.15, 0.2) is 6.61 Å². The molecule has 0 aromatic heterocycles. The first-order valence-corrected chi connectivity index (χ1v) is 8.40. The number of benzene rings is 2. The molecule has 2 aromatic carbocycles. The number of hydrogen-bond donors (Lipinski definition) is 2. The van der Waals surface area contributed by atoms with E-state index in [2.05, 4.69) is 10.6 Å². The van der Waals surface area contributed by atoms with Crippen molar-refractivity contribution in [3.8, 4) is 5.75 Å². The first-order valence-electron chi connectivity index (χ1n) is 8.03. The average Bonchev–Trinajstić information content (AvgIpc) is 2.67. The third kappa shape index (κ3) is 6.31. The fourth-order valence-electron chi connectivity index (χ4n) is 2.08. The van der Waals surface area contributed by atoms with Gasteiger partial charge in [0.1, 0.15) is 12.3 Å². The summed E-state index contributed by atoms with van der Waals surface area (Å²) < 4.78 is 9.87. The minimum absolute atomic E-state index is 0.344. The number of esters is 1. The molecule has 0 unspecified atom stereocenters. The predicted octanol–water partition coefficient (Wildman–Crippen LogP) is 2.57. The lowest BCUT2D eigenvalue weighted by molar-refractivity contribution is -0.146. The number of anilines is 1. The Morgan fingerprint density at radius 3 is 2.59 bits per heavy atom. The summed E-state index contributed by atoms with van der Waals surface area (Å²) in [7, 11) is 1.49. The molecule has 0 aliphatic carbocycles. The smallest absolute Gasteiger partial charge is 0.325 e. The molecule has 0 saturated carbocycles. The van der Waals surface area contributed by atoms with E-state index in [1.165, 1.54) is 7.11 Å². The molecule has 27 heavy (non-hydrogen) atoms. The second-order valence-electron chi connectivity index (χ2n) is 5.59. The Morgan fingerprint density at radius 2 is 1.89 bits per heavy atom. The van der Waals surface area contributed by atoms with Gasteiger partial charge < -0.3 is 20.1 Å². The van der Waals surface area contributed by atoms with Crippen LogP contribution in [0, 0.1) is 6.92 Å². The maximum atomic E-state index is 12.0. The summed E-state index contributed by atoms with van der Waals surface area (Å²) >= 11 is 5.98. The normalized spacial score (nSPS) is 10.0. The lowest BCUT2D eigenvalue weighted by atomic mass is 10.2. The van der Waals surface area contributed by atoms with E-state index < -0.39 is 24.4 Å². The van der Waals surface area contributed by atoms with Gasteiger partial charge in [-0.25, -0.2) is 0 Å². The minimum atomic E-state index is -0.733. The highest BCUT2D eigenvalue weighted by atomic mass is 35.5. The molecule has 2 N–H and O–H groups in total. The van der Waals surface area contributed by atoms with E-state index in [0.29, 0.717) is 22.0 Å². The van der Waals surface area contributed by atoms with Crippen LogP contribution >= 0.6 is 11.6 Å². The highest BCUT2D eigenvalue weighted by Gasteiger charge is 2.12. The molecule has 2 rings (SSSR count). The third-order valence-electron chi connectivity index (χ3n) is 3.55. The molecular weight excluding hydrogens is 372 g/mol. The number of hydrogen-bond acceptors (Lipinski definition) is 5. The van der Waals surface area contributed by atoms with Crippen molar-refractivity contribution in [3.05, 3.63) is 58.6 Å². The van der Waals surface area contributed by atoms with Gasteiger partial charge in [-0.05, 0) is 42.8 Å². The molecule has 0 heterocycles. The maximum absolute atomic E-state index is 12.0. The van der Waals surface area contributed by atoms with Gasteiger partial charge in [0.05, 0.1) is 7.11 Å². The van der Waals surface area contributed by atoms with E-state index >= 15 is 0 Å². The van der Waals surface area contributed by atoms with Crippen LogP contribution in [-0.4, -0.2) is 38.0 Å². The maximum Gasteiger partial charge on any atom is 0.325 e. The van der Waals surface area contributed by atoms with Crippen LogP contribution in [0.4, 0.5) is 5.69 Å². The summed E-state index contributed by atoms with van der Waals surface area (Å²) in [5.41, 5.74) is 1.72. The number of aryl methyl sites for hydroxylation is 1. The number of carbonyl (C=O) groups is 3. The van der Waals surface area contributed by atoms with Gasteiger partial charge in [0.2, 0.25) is 0 Å². The van der Waals surface area contributed by atoms with Crippen LogP contribution in [0.25, 0.3) is 0 Å². The van der Waals surface area contributed by atoms with E-state index in [4.69, 9.17) is 21.1 Å². The largest absolute Gasteiger partial charge is 0.497 e. The predicted molar refractivity (Wildman–Crippen MR) is 101 cm³/mol. The lowest BCUT2D eigenvalue weighted by Crippen LogP contribution is -2.32. The lowest BCUT2D eigenvalue weighted by Gasteiger charge is -2.09. The molecule has 0 aliphatic rings. The van der Waals surface area contributed by atoms with Gasteiger partial charge in [-0.15, -0.1) is 0 Å². The Balaban J connectivity index is 1.75. The van der Waals surface area contributed by atoms with Crippen molar-refractivity contribution in [2.75, 3.05) is 25.6 Å². The van der Waals surface area contributed by atoms with Gasteiger partial charge >= 0.3 is 5.97 Å². The zero-order valence-corrected chi connectivity index (χ0v) is 15.6. The van der Waals surface area contributed by atoms with E-state index in [0.717, 1.165) is 5.56 Å². The van der Waals surface area contributed by atoms with Crippen molar-refractivity contribution in [1.29, 1.82) is 0 Å². The van der Waals surface area contributed by atoms with Gasteiger partial charge in [-0.3, -0.25) is 14.4 Å². The van der Waals surface area contributed by atoms with Crippen LogP contribution < -0.4 is 15.4 Å². The Bertz CT molecular complexity index is 854. The molecule has 0 fully saturated rings. The zero-order chi connectivity index (χ0) is 19.8. The first-order chi connectivity index (χ1) is 12.9. The Hall–Kier alpha value is -3.06. The molecule has 0 radical (unpaired) electrons. The molecule has 8 heteroatoms. The van der Waals surface area contributed by atoms with E-state index in [1.807, 2.05) is 6.92 Å². The van der Waals surface area contributed by atoms with Crippen LogP contribution in [0.15, 0.2) is 42.5 Å². The Kier molecular flexibility index (Phi) is 7.19. The van der Waals surface area contributed by atoms with Crippen molar-refractivity contribution in [2.24, 2.45) is 0 Å². The molecule has 2 amide bonds. The Morgan fingerprint density at radius 1 is 1.11 bits per heavy atom. The van der Waals surface area contributed by atoms with Crippen LogP contribution in [-0.2, 0) is 14.3 Å². The number of methoxy groups -OCH3 is 1. The SMILES string of the molecule is COc1cccc(C(=O)NCC(=O)OCC(=O)Nc2ccc(C)c(Cl)c2)c1. The Labute approximate surface area is 161 Å². The summed E-state index contributed by atoms with van der Waals surface area (Å²) in [4.78, 5) is 35.5. The van der Waals surface area contributed by atoms with Gasteiger partial charge in [-0.2, -0.15) is 0 Å². The summed E-state index contributed by atoms with van der Waals surface area (Å²) in [5, 5.41) is 5.50. The molecule has 2 aromatic rings. The van der Waals surface area contributed by atoms with Crippen LogP contribution in [0.5, 0.6) is 5.75 Å². The third-order valence-corrected chi connectivity index (χ3v) is 3.95. The van der Waals surface area contributed by atoms with Gasteiger partial charge in [-0.1, -0.05) is 23.7 Å². The van der Waals surface area contributed by atoms with Crippen LogP contribution in [0.2, 0.25) is 5.02 Å². The molecule has 0 aliphatic heterocycles. The topological polar surface area (TPSA) is 93.7 Å². The van der Waals surface area contributed by atoms with Crippen molar-refractivity contribution in [1.82, 2.24) is 5.32 Å². The highest BCUT2D eigenvalue weighted by molar-refractivity contribution is 6.31. The van der Waals surface area contributed by atoms with Gasteiger partial charge in [0, 0.05) is 16.3 Å². The van der Waals surface area contributed by atoms with Crippen LogP contribution in [0.3, 0.4) is 0 Å². The molecule has 0 atom stereocenters. The molecule has 0 saturated heterocycles. The zero-order valence-electron chi connectivity index (χ0n) is 14.9.